The van der Waals surface area contributed by atoms with Crippen molar-refractivity contribution in [1.29, 1.82) is 0 Å². The van der Waals surface area contributed by atoms with Crippen LogP contribution in [0.3, 0.4) is 0 Å². The molecule has 1 aliphatic carbocycles. The molecule has 0 amide bonds. The molecule has 2 aliphatic rings. The Morgan fingerprint density at radius 3 is 2.82 bits per heavy atom. The van der Waals surface area contributed by atoms with Crippen molar-refractivity contribution in [1.82, 2.24) is 4.90 Å². The molecular formula is C10H19N. The highest BCUT2D eigenvalue weighted by Gasteiger charge is 2.36. The predicted molar refractivity (Wildman–Crippen MR) is 47.5 cm³/mol. The van der Waals surface area contributed by atoms with E-state index in [2.05, 4.69) is 18.9 Å². The van der Waals surface area contributed by atoms with Crippen LogP contribution in [0.5, 0.6) is 0 Å². The summed E-state index contributed by atoms with van der Waals surface area (Å²) in [6.07, 6.45) is 5.89. The molecule has 2 unspecified atom stereocenters. The number of likely N-dealkylation sites (tertiary alicyclic amines) is 1. The van der Waals surface area contributed by atoms with E-state index in [1.54, 1.807) is 0 Å². The van der Waals surface area contributed by atoms with Crippen molar-refractivity contribution >= 4 is 0 Å². The molecule has 1 saturated carbocycles. The van der Waals surface area contributed by atoms with Crippen molar-refractivity contribution < 1.29 is 0 Å². The molecule has 1 aliphatic heterocycles. The quantitative estimate of drug-likeness (QED) is 0.515. The lowest BCUT2D eigenvalue weighted by molar-refractivity contribution is 0.144. The van der Waals surface area contributed by atoms with E-state index in [4.69, 9.17) is 0 Å². The van der Waals surface area contributed by atoms with Crippen LogP contribution in [0.1, 0.15) is 32.6 Å². The largest absolute Gasteiger partial charge is 0.303 e. The summed E-state index contributed by atoms with van der Waals surface area (Å²) in [5.74, 6) is 2.04. The lowest BCUT2D eigenvalue weighted by atomic mass is 9.92. The minimum atomic E-state index is 0.943. The van der Waals surface area contributed by atoms with E-state index < -0.39 is 0 Å². The lowest BCUT2D eigenvalue weighted by Gasteiger charge is -2.34. The molecule has 1 nitrogen and oxygen atoms in total. The molecule has 2 fully saturated rings. The van der Waals surface area contributed by atoms with Gasteiger partial charge in [-0.15, -0.1) is 0 Å². The first kappa shape index (κ1) is 7.60. The highest BCUT2D eigenvalue weighted by atomic mass is 15.1. The number of nitrogens with zero attached hydrogens (tertiary/aromatic N) is 1. The average molecular weight is 153 g/mol. The number of hydrogen-bond donors (Lipinski definition) is 0. The maximum absolute atomic E-state index is 2.58. The van der Waals surface area contributed by atoms with E-state index in [-0.39, 0.29) is 0 Å². The van der Waals surface area contributed by atoms with Crippen molar-refractivity contribution in [3.63, 3.8) is 0 Å². The Labute approximate surface area is 69.8 Å². The second kappa shape index (κ2) is 2.78. The van der Waals surface area contributed by atoms with E-state index in [0.717, 1.165) is 17.9 Å². The van der Waals surface area contributed by atoms with Gasteiger partial charge in [-0.3, -0.25) is 0 Å². The summed E-state index contributed by atoms with van der Waals surface area (Å²) in [6.45, 7) is 3.75. The summed E-state index contributed by atoms with van der Waals surface area (Å²) in [4.78, 5) is 2.58. The van der Waals surface area contributed by atoms with Crippen molar-refractivity contribution in [3.05, 3.63) is 0 Å². The first-order valence-electron chi connectivity index (χ1n) is 4.97. The van der Waals surface area contributed by atoms with Gasteiger partial charge in [-0.2, -0.15) is 0 Å². The molecule has 0 N–H and O–H groups in total. The Kier molecular flexibility index (Phi) is 1.92. The fourth-order valence-electron chi connectivity index (χ4n) is 2.99. The Morgan fingerprint density at radius 1 is 1.27 bits per heavy atom. The van der Waals surface area contributed by atoms with Gasteiger partial charge in [0.2, 0.25) is 0 Å². The van der Waals surface area contributed by atoms with Crippen molar-refractivity contribution in [2.24, 2.45) is 11.8 Å². The Bertz CT molecular complexity index is 144. The number of piperidine rings is 1. The Balaban J connectivity index is 2.03. The van der Waals surface area contributed by atoms with Crippen molar-refractivity contribution in [2.75, 3.05) is 13.6 Å². The second-order valence-electron chi connectivity index (χ2n) is 4.53. The third kappa shape index (κ3) is 1.31. The van der Waals surface area contributed by atoms with Crippen LogP contribution < -0.4 is 0 Å². The van der Waals surface area contributed by atoms with E-state index >= 15 is 0 Å². The lowest BCUT2D eigenvalue weighted by Crippen LogP contribution is -2.39. The molecule has 1 heterocycles. The first-order valence-corrected chi connectivity index (χ1v) is 4.97. The van der Waals surface area contributed by atoms with Gasteiger partial charge >= 0.3 is 0 Å². The third-order valence-corrected chi connectivity index (χ3v) is 3.55. The molecule has 1 heteroatoms. The molecule has 0 radical (unpaired) electrons. The molecule has 3 atom stereocenters. The Morgan fingerprint density at radius 2 is 2.09 bits per heavy atom. The molecular weight excluding hydrogens is 134 g/mol. The summed E-state index contributed by atoms with van der Waals surface area (Å²) < 4.78 is 0. The summed E-state index contributed by atoms with van der Waals surface area (Å²) in [5, 5.41) is 0. The highest BCUT2D eigenvalue weighted by molar-refractivity contribution is 4.90. The minimum absolute atomic E-state index is 0.943. The van der Waals surface area contributed by atoms with Gasteiger partial charge in [-0.1, -0.05) is 6.92 Å². The van der Waals surface area contributed by atoms with Crippen LogP contribution in [0.4, 0.5) is 0 Å². The smallest absolute Gasteiger partial charge is 0.0123 e. The number of fused-ring (bicyclic) bond motifs is 1. The van der Waals surface area contributed by atoms with Crippen LogP contribution in [-0.4, -0.2) is 24.5 Å². The van der Waals surface area contributed by atoms with Gasteiger partial charge in [0.15, 0.2) is 0 Å². The SMILES string of the molecule is C[C@H]1CC2CCCN(C)C2C1. The first-order chi connectivity index (χ1) is 5.27. The summed E-state index contributed by atoms with van der Waals surface area (Å²) in [5.41, 5.74) is 0. The second-order valence-corrected chi connectivity index (χ2v) is 4.53. The van der Waals surface area contributed by atoms with Crippen molar-refractivity contribution in [3.8, 4) is 0 Å². The van der Waals surface area contributed by atoms with E-state index in [0.29, 0.717) is 0 Å². The molecule has 0 spiro atoms. The summed E-state index contributed by atoms with van der Waals surface area (Å²) >= 11 is 0. The summed E-state index contributed by atoms with van der Waals surface area (Å²) in [7, 11) is 2.30. The maximum atomic E-state index is 2.58. The predicted octanol–water partition coefficient (Wildman–Crippen LogP) is 2.13. The van der Waals surface area contributed by atoms with E-state index in [1.165, 1.54) is 32.2 Å². The fourth-order valence-corrected chi connectivity index (χ4v) is 2.99. The summed E-state index contributed by atoms with van der Waals surface area (Å²) in [6, 6.07) is 0.943. The maximum Gasteiger partial charge on any atom is 0.0123 e. The molecule has 1 saturated heterocycles. The average Bonchev–Trinajstić information content (AvgIpc) is 2.31. The van der Waals surface area contributed by atoms with Crippen LogP contribution in [0.25, 0.3) is 0 Å². The van der Waals surface area contributed by atoms with Gasteiger partial charge in [0.25, 0.3) is 0 Å². The van der Waals surface area contributed by atoms with Crippen LogP contribution in [-0.2, 0) is 0 Å². The van der Waals surface area contributed by atoms with Gasteiger partial charge in [0.05, 0.1) is 0 Å². The third-order valence-electron chi connectivity index (χ3n) is 3.55. The fraction of sp³-hybridized carbons (Fsp3) is 1.00. The molecule has 0 aromatic carbocycles. The van der Waals surface area contributed by atoms with Gasteiger partial charge in [-0.05, 0) is 51.1 Å². The zero-order valence-corrected chi connectivity index (χ0v) is 7.71. The van der Waals surface area contributed by atoms with Gasteiger partial charge in [-0.25, -0.2) is 0 Å². The normalized spacial score (nSPS) is 45.8. The van der Waals surface area contributed by atoms with Crippen LogP contribution in [0, 0.1) is 11.8 Å². The minimum Gasteiger partial charge on any atom is -0.303 e. The molecule has 64 valence electrons. The topological polar surface area (TPSA) is 3.24 Å². The zero-order chi connectivity index (χ0) is 7.84. The zero-order valence-electron chi connectivity index (χ0n) is 7.71. The Hall–Kier alpha value is -0.0400. The van der Waals surface area contributed by atoms with Crippen LogP contribution in [0.2, 0.25) is 0 Å². The molecule has 0 aromatic rings. The highest BCUT2D eigenvalue weighted by Crippen LogP contribution is 2.39. The van der Waals surface area contributed by atoms with Gasteiger partial charge in [0, 0.05) is 6.04 Å². The number of hydrogen-bond acceptors (Lipinski definition) is 1. The molecule has 11 heavy (non-hydrogen) atoms. The van der Waals surface area contributed by atoms with Crippen molar-refractivity contribution in [2.45, 2.75) is 38.6 Å². The molecule has 0 bridgehead atoms. The standard InChI is InChI=1S/C10H19N/c1-8-6-9-4-3-5-11(2)10(9)7-8/h8-10H,3-7H2,1-2H3/t8-,9?,10?/m0/s1. The molecule has 2 rings (SSSR count). The monoisotopic (exact) mass is 153 g/mol. The van der Waals surface area contributed by atoms with E-state index in [1.807, 2.05) is 0 Å². The number of rotatable bonds is 0. The van der Waals surface area contributed by atoms with Crippen LogP contribution >= 0.6 is 0 Å². The van der Waals surface area contributed by atoms with Crippen LogP contribution in [0.15, 0.2) is 0 Å². The van der Waals surface area contributed by atoms with Gasteiger partial charge < -0.3 is 4.90 Å². The molecule has 0 aromatic heterocycles. The van der Waals surface area contributed by atoms with E-state index in [9.17, 15) is 0 Å². The van der Waals surface area contributed by atoms with Gasteiger partial charge in [0.1, 0.15) is 0 Å².